The van der Waals surface area contributed by atoms with E-state index in [2.05, 4.69) is 16.7 Å². The quantitative estimate of drug-likeness (QED) is 0.376. The highest BCUT2D eigenvalue weighted by Gasteiger charge is 2.41. The fourth-order valence-electron chi connectivity index (χ4n) is 4.60. The van der Waals surface area contributed by atoms with Gasteiger partial charge in [0.1, 0.15) is 5.78 Å². The summed E-state index contributed by atoms with van der Waals surface area (Å²) in [7, 11) is 0. The molecule has 3 unspecified atom stereocenters. The summed E-state index contributed by atoms with van der Waals surface area (Å²) in [5, 5.41) is 19.2. The molecule has 3 aromatic carbocycles. The van der Waals surface area contributed by atoms with Gasteiger partial charge in [0.15, 0.2) is 0 Å². The summed E-state index contributed by atoms with van der Waals surface area (Å²) < 4.78 is 0. The highest BCUT2D eigenvalue weighted by atomic mass is 35.5. The summed E-state index contributed by atoms with van der Waals surface area (Å²) in [5.74, 6) is -0.652. The van der Waals surface area contributed by atoms with E-state index in [1.807, 2.05) is 48.5 Å². The number of nitro groups is 1. The first-order chi connectivity index (χ1) is 15.5. The Balaban J connectivity index is 1.65. The van der Waals surface area contributed by atoms with Gasteiger partial charge in [-0.1, -0.05) is 60.1 Å². The van der Waals surface area contributed by atoms with Crippen LogP contribution in [-0.4, -0.2) is 10.7 Å². The number of rotatable bonds is 3. The molecule has 5 rings (SSSR count). The fraction of sp³-hybridized carbons (Fsp3) is 0.160. The van der Waals surface area contributed by atoms with E-state index in [4.69, 9.17) is 11.6 Å². The molecule has 1 heterocycles. The van der Waals surface area contributed by atoms with E-state index in [-0.39, 0.29) is 17.4 Å². The second kappa shape index (κ2) is 8.13. The third kappa shape index (κ3) is 3.63. The van der Waals surface area contributed by atoms with Crippen LogP contribution in [0.3, 0.4) is 0 Å². The molecule has 3 aromatic rings. The Labute approximate surface area is 190 Å². The van der Waals surface area contributed by atoms with Crippen molar-refractivity contribution >= 4 is 34.4 Å². The van der Waals surface area contributed by atoms with E-state index < -0.39 is 16.9 Å². The number of nitrogens with zero attached hydrogens (tertiary/aromatic N) is 1. The van der Waals surface area contributed by atoms with Gasteiger partial charge in [-0.3, -0.25) is 14.9 Å². The van der Waals surface area contributed by atoms with Gasteiger partial charge in [0.2, 0.25) is 0 Å². The lowest BCUT2D eigenvalue weighted by atomic mass is 9.76. The molecule has 0 amide bonds. The Morgan fingerprint density at radius 3 is 2.38 bits per heavy atom. The Kier molecular flexibility index (Phi) is 5.15. The molecule has 0 saturated heterocycles. The maximum Gasteiger partial charge on any atom is 0.274 e. The highest BCUT2D eigenvalue weighted by Crippen LogP contribution is 2.46. The Morgan fingerprint density at radius 2 is 1.62 bits per heavy atom. The number of benzene rings is 3. The number of fused-ring (bicyclic) bond motifs is 2. The van der Waals surface area contributed by atoms with Gasteiger partial charge in [-0.2, -0.15) is 0 Å². The maximum absolute atomic E-state index is 13.5. The lowest BCUT2D eigenvalue weighted by molar-refractivity contribution is -0.385. The largest absolute Gasteiger partial charge is 0.375 e. The molecule has 160 valence electrons. The maximum atomic E-state index is 13.5. The molecule has 0 aromatic heterocycles. The smallest absolute Gasteiger partial charge is 0.274 e. The molecule has 6 nitrogen and oxygen atoms in total. The van der Waals surface area contributed by atoms with Gasteiger partial charge in [-0.15, -0.1) is 0 Å². The molecule has 2 aliphatic rings. The lowest BCUT2D eigenvalue weighted by Crippen LogP contribution is -2.34. The van der Waals surface area contributed by atoms with Crippen LogP contribution in [0, 0.1) is 16.0 Å². The molecule has 3 atom stereocenters. The van der Waals surface area contributed by atoms with Crippen LogP contribution in [0.4, 0.5) is 17.1 Å². The molecular weight excluding hydrogens is 426 g/mol. The topological polar surface area (TPSA) is 84.3 Å². The van der Waals surface area contributed by atoms with Crippen molar-refractivity contribution in [2.45, 2.75) is 18.4 Å². The first-order valence-corrected chi connectivity index (χ1v) is 10.7. The number of halogens is 1. The van der Waals surface area contributed by atoms with E-state index in [1.165, 1.54) is 6.07 Å². The van der Waals surface area contributed by atoms with Crippen LogP contribution in [0.25, 0.3) is 0 Å². The van der Waals surface area contributed by atoms with Crippen LogP contribution in [0.2, 0.25) is 5.02 Å². The van der Waals surface area contributed by atoms with Gasteiger partial charge in [0.05, 0.1) is 33.8 Å². The van der Waals surface area contributed by atoms with Crippen molar-refractivity contribution < 1.29 is 9.72 Å². The van der Waals surface area contributed by atoms with Gasteiger partial charge in [-0.05, 0) is 29.8 Å². The van der Waals surface area contributed by atoms with E-state index in [0.717, 1.165) is 22.6 Å². The monoisotopic (exact) mass is 445 g/mol. The van der Waals surface area contributed by atoms with E-state index in [9.17, 15) is 14.9 Å². The molecule has 0 radical (unpaired) electrons. The predicted molar refractivity (Wildman–Crippen MR) is 125 cm³/mol. The van der Waals surface area contributed by atoms with E-state index in [0.29, 0.717) is 17.0 Å². The number of hydrogen-bond acceptors (Lipinski definition) is 5. The van der Waals surface area contributed by atoms with Crippen molar-refractivity contribution in [1.29, 1.82) is 0 Å². The third-order valence-electron chi connectivity index (χ3n) is 6.10. The molecular formula is C25H20ClN3O3. The van der Waals surface area contributed by atoms with Crippen LogP contribution in [-0.2, 0) is 4.79 Å². The number of allylic oxidation sites excluding steroid dienone is 1. The van der Waals surface area contributed by atoms with Crippen molar-refractivity contribution in [3.05, 3.63) is 111 Å². The average Bonchev–Trinajstić information content (AvgIpc) is 2.96. The van der Waals surface area contributed by atoms with Gasteiger partial charge in [-0.25, -0.2) is 0 Å². The number of para-hydroxylation sites is 3. The number of nitro benzene ring substituents is 1. The number of Topliss-reactive ketones (excluding diaryl/α,β-unsaturated/α-hetero) is 1. The van der Waals surface area contributed by atoms with Crippen molar-refractivity contribution in [3.8, 4) is 0 Å². The first-order valence-electron chi connectivity index (χ1n) is 10.4. The Morgan fingerprint density at radius 1 is 0.938 bits per heavy atom. The van der Waals surface area contributed by atoms with Crippen LogP contribution in [0.1, 0.15) is 29.5 Å². The van der Waals surface area contributed by atoms with Gasteiger partial charge < -0.3 is 10.6 Å². The second-order valence-electron chi connectivity index (χ2n) is 8.04. The van der Waals surface area contributed by atoms with Crippen molar-refractivity contribution in [2.75, 3.05) is 10.6 Å². The predicted octanol–water partition coefficient (Wildman–Crippen LogP) is 6.08. The first kappa shape index (κ1) is 20.3. The Hall–Kier alpha value is -3.64. The number of hydrogen-bond donors (Lipinski definition) is 2. The van der Waals surface area contributed by atoms with Crippen LogP contribution in [0.15, 0.2) is 84.6 Å². The number of carbonyl (C=O) groups is 1. The minimum Gasteiger partial charge on any atom is -0.375 e. The molecule has 0 fully saturated rings. The zero-order valence-electron chi connectivity index (χ0n) is 17.0. The summed E-state index contributed by atoms with van der Waals surface area (Å²) in [4.78, 5) is 24.9. The Bertz CT molecular complexity index is 1240. The molecule has 1 aliphatic heterocycles. The van der Waals surface area contributed by atoms with Gasteiger partial charge in [0.25, 0.3) is 5.69 Å². The van der Waals surface area contributed by atoms with Crippen LogP contribution in [0.5, 0.6) is 0 Å². The third-order valence-corrected chi connectivity index (χ3v) is 6.35. The minimum absolute atomic E-state index is 0.00337. The normalized spacial score (nSPS) is 21.8. The standard InChI is InChI=1S/C25H20ClN3O3/c26-17-11-9-15(10-12-17)16-13-21-24(23(30)14-16)25(18-5-1-4-8-22(18)29(31)32)28-20-7-3-2-6-19(20)27-21/h1-13,16,24-25,27-28H,14H2. The fourth-order valence-corrected chi connectivity index (χ4v) is 4.73. The second-order valence-corrected chi connectivity index (χ2v) is 8.47. The van der Waals surface area contributed by atoms with Crippen LogP contribution >= 0.6 is 11.6 Å². The molecule has 32 heavy (non-hydrogen) atoms. The molecule has 2 N–H and O–H groups in total. The van der Waals surface area contributed by atoms with Gasteiger partial charge in [0, 0.05) is 29.1 Å². The van der Waals surface area contributed by atoms with Crippen LogP contribution < -0.4 is 10.6 Å². The summed E-state index contributed by atoms with van der Waals surface area (Å²) in [6, 6.07) is 21.2. The minimum atomic E-state index is -0.577. The zero-order chi connectivity index (χ0) is 22.2. The molecule has 0 bridgehead atoms. The summed E-state index contributed by atoms with van der Waals surface area (Å²) in [6.07, 6.45) is 2.38. The summed E-state index contributed by atoms with van der Waals surface area (Å²) in [5.41, 5.74) is 3.86. The zero-order valence-corrected chi connectivity index (χ0v) is 17.8. The average molecular weight is 446 g/mol. The molecule has 1 aliphatic carbocycles. The number of nitrogens with one attached hydrogen (secondary N) is 2. The highest BCUT2D eigenvalue weighted by molar-refractivity contribution is 6.30. The van der Waals surface area contributed by atoms with E-state index in [1.54, 1.807) is 18.2 Å². The SMILES string of the molecule is O=C1CC(c2ccc(Cl)cc2)C=C2Nc3ccccc3NC(c3ccccc3[N+](=O)[O-])C12. The molecule has 0 spiro atoms. The van der Waals surface area contributed by atoms with Crippen molar-refractivity contribution in [2.24, 2.45) is 5.92 Å². The number of anilines is 2. The molecule has 0 saturated carbocycles. The summed E-state index contributed by atoms with van der Waals surface area (Å²) >= 11 is 6.04. The molecule has 7 heteroatoms. The summed E-state index contributed by atoms with van der Waals surface area (Å²) in [6.45, 7) is 0. The van der Waals surface area contributed by atoms with Gasteiger partial charge >= 0.3 is 0 Å². The van der Waals surface area contributed by atoms with Crippen molar-refractivity contribution in [3.63, 3.8) is 0 Å². The van der Waals surface area contributed by atoms with E-state index >= 15 is 0 Å². The number of ketones is 1. The lowest BCUT2D eigenvalue weighted by Gasteiger charge is -2.32. The number of carbonyl (C=O) groups excluding carboxylic acids is 1. The van der Waals surface area contributed by atoms with Crippen molar-refractivity contribution in [1.82, 2.24) is 0 Å².